The van der Waals surface area contributed by atoms with Crippen LogP contribution in [0.3, 0.4) is 0 Å². The van der Waals surface area contributed by atoms with Crippen molar-refractivity contribution in [1.29, 1.82) is 0 Å². The lowest BCUT2D eigenvalue weighted by Gasteiger charge is -1.98. The fourth-order valence-electron chi connectivity index (χ4n) is 0.648. The van der Waals surface area contributed by atoms with E-state index < -0.39 is 36.3 Å². The molecular weight excluding hydrogens is 192 g/mol. The molecule has 14 heavy (non-hydrogen) atoms. The van der Waals surface area contributed by atoms with E-state index in [1.54, 1.807) is 0 Å². The number of aliphatic carboxylic acids is 1. The number of hydrogen-bond donors (Lipinski definition) is 1. The normalized spacial score (nSPS) is 9.21. The van der Waals surface area contributed by atoms with Crippen LogP contribution >= 0.6 is 0 Å². The molecule has 0 rings (SSSR count). The van der Waals surface area contributed by atoms with Gasteiger partial charge in [-0.25, -0.2) is 9.59 Å². The number of carbonyl (C=O) groups is 4. The smallest absolute Gasteiger partial charge is 0.374 e. The Morgan fingerprint density at radius 3 is 2.00 bits per heavy atom. The van der Waals surface area contributed by atoms with Crippen molar-refractivity contribution in [2.75, 3.05) is 6.61 Å². The molecule has 1 N–H and O–H groups in total. The zero-order chi connectivity index (χ0) is 11.1. The van der Waals surface area contributed by atoms with E-state index in [0.29, 0.717) is 0 Å². The predicted octanol–water partition coefficient (Wildman–Crippen LogP) is -0.448. The number of hydrogen-bond acceptors (Lipinski definition) is 5. The van der Waals surface area contributed by atoms with Crippen molar-refractivity contribution in [1.82, 2.24) is 0 Å². The van der Waals surface area contributed by atoms with E-state index in [9.17, 15) is 19.2 Å². The lowest BCUT2D eigenvalue weighted by atomic mass is 10.1. The van der Waals surface area contributed by atoms with E-state index in [1.807, 2.05) is 0 Å². The van der Waals surface area contributed by atoms with Gasteiger partial charge in [-0.15, -0.1) is 0 Å². The summed E-state index contributed by atoms with van der Waals surface area (Å²) in [5.41, 5.74) is 0. The van der Waals surface area contributed by atoms with Crippen molar-refractivity contribution in [3.05, 3.63) is 0 Å². The SMILES string of the molecule is CCOC(=O)C(=O)CCC(=O)C(=O)O. The number of rotatable bonds is 6. The first-order chi connectivity index (χ1) is 6.49. The first kappa shape index (κ1) is 12.3. The van der Waals surface area contributed by atoms with Crippen LogP contribution in [0.15, 0.2) is 0 Å². The second-order valence-electron chi connectivity index (χ2n) is 2.37. The lowest BCUT2D eigenvalue weighted by molar-refractivity contribution is -0.154. The van der Waals surface area contributed by atoms with Crippen molar-refractivity contribution in [3.8, 4) is 0 Å². The molecule has 0 aliphatic carbocycles. The number of Topliss-reactive ketones (excluding diaryl/α,β-unsaturated/α-hetero) is 2. The van der Waals surface area contributed by atoms with Gasteiger partial charge in [-0.2, -0.15) is 0 Å². The Bertz CT molecular complexity index is 267. The van der Waals surface area contributed by atoms with Gasteiger partial charge in [-0.05, 0) is 6.92 Å². The minimum atomic E-state index is -1.61. The van der Waals surface area contributed by atoms with Gasteiger partial charge in [0.1, 0.15) is 0 Å². The minimum Gasteiger partial charge on any atom is -0.476 e. The van der Waals surface area contributed by atoms with Crippen LogP contribution in [0.5, 0.6) is 0 Å². The number of ketones is 2. The van der Waals surface area contributed by atoms with Crippen molar-refractivity contribution >= 4 is 23.5 Å². The molecule has 0 aromatic rings. The van der Waals surface area contributed by atoms with Crippen LogP contribution in [0.2, 0.25) is 0 Å². The Hall–Kier alpha value is -1.72. The molecule has 0 aromatic carbocycles. The van der Waals surface area contributed by atoms with Crippen molar-refractivity contribution < 1.29 is 29.0 Å². The minimum absolute atomic E-state index is 0.0669. The molecule has 0 saturated carbocycles. The average molecular weight is 202 g/mol. The molecule has 0 radical (unpaired) electrons. The Balaban J connectivity index is 3.91. The van der Waals surface area contributed by atoms with Gasteiger partial charge in [0.15, 0.2) is 0 Å². The van der Waals surface area contributed by atoms with Crippen molar-refractivity contribution in [2.24, 2.45) is 0 Å². The van der Waals surface area contributed by atoms with Gasteiger partial charge in [0.25, 0.3) is 0 Å². The summed E-state index contributed by atoms with van der Waals surface area (Å²) in [7, 11) is 0. The Morgan fingerprint density at radius 1 is 1.07 bits per heavy atom. The first-order valence-corrected chi connectivity index (χ1v) is 3.95. The summed E-state index contributed by atoms with van der Waals surface area (Å²) >= 11 is 0. The topological polar surface area (TPSA) is 97.7 Å². The molecule has 0 saturated heterocycles. The van der Waals surface area contributed by atoms with E-state index in [4.69, 9.17) is 5.11 Å². The van der Waals surface area contributed by atoms with Crippen LogP contribution in [-0.4, -0.2) is 35.2 Å². The highest BCUT2D eigenvalue weighted by atomic mass is 16.5. The highest BCUT2D eigenvalue weighted by Crippen LogP contribution is 1.95. The summed E-state index contributed by atoms with van der Waals surface area (Å²) in [4.78, 5) is 42.1. The molecule has 0 atom stereocenters. The van der Waals surface area contributed by atoms with Crippen LogP contribution in [-0.2, 0) is 23.9 Å². The summed E-state index contributed by atoms with van der Waals surface area (Å²) in [6.07, 6.45) is -0.906. The van der Waals surface area contributed by atoms with E-state index in [2.05, 4.69) is 4.74 Å². The maximum Gasteiger partial charge on any atom is 0.374 e. The molecule has 6 nitrogen and oxygen atoms in total. The molecule has 0 bridgehead atoms. The first-order valence-electron chi connectivity index (χ1n) is 3.95. The Labute approximate surface area is 79.8 Å². The van der Waals surface area contributed by atoms with Crippen LogP contribution in [0.1, 0.15) is 19.8 Å². The molecular formula is C8H10O6. The molecule has 6 heteroatoms. The predicted molar refractivity (Wildman–Crippen MR) is 43.5 cm³/mol. The van der Waals surface area contributed by atoms with Gasteiger partial charge >= 0.3 is 11.9 Å². The van der Waals surface area contributed by atoms with Gasteiger partial charge in [0, 0.05) is 12.8 Å². The van der Waals surface area contributed by atoms with Crippen molar-refractivity contribution in [3.63, 3.8) is 0 Å². The molecule has 0 aliphatic rings. The molecule has 0 aliphatic heterocycles. The lowest BCUT2D eigenvalue weighted by Crippen LogP contribution is -2.20. The van der Waals surface area contributed by atoms with E-state index in [-0.39, 0.29) is 6.61 Å². The van der Waals surface area contributed by atoms with Crippen LogP contribution in [0.4, 0.5) is 0 Å². The van der Waals surface area contributed by atoms with E-state index in [0.717, 1.165) is 0 Å². The third-order valence-corrected chi connectivity index (χ3v) is 1.32. The number of carbonyl (C=O) groups excluding carboxylic acids is 3. The monoisotopic (exact) mass is 202 g/mol. The van der Waals surface area contributed by atoms with Gasteiger partial charge in [0.05, 0.1) is 6.61 Å². The number of esters is 1. The molecule has 0 unspecified atom stereocenters. The molecule has 78 valence electrons. The molecule has 0 heterocycles. The quantitative estimate of drug-likeness (QED) is 0.462. The molecule has 0 spiro atoms. The fraction of sp³-hybridized carbons (Fsp3) is 0.500. The third kappa shape index (κ3) is 4.34. The maximum absolute atomic E-state index is 10.8. The summed E-state index contributed by atoms with van der Waals surface area (Å²) in [5.74, 6) is -4.63. The van der Waals surface area contributed by atoms with Gasteiger partial charge in [-0.1, -0.05) is 0 Å². The number of ether oxygens (including phenoxy) is 1. The molecule has 0 fully saturated rings. The summed E-state index contributed by atoms with van der Waals surface area (Å²) in [6, 6.07) is 0. The van der Waals surface area contributed by atoms with Gasteiger partial charge in [0.2, 0.25) is 11.6 Å². The molecule has 0 aromatic heterocycles. The zero-order valence-corrected chi connectivity index (χ0v) is 7.61. The summed E-state index contributed by atoms with van der Waals surface area (Å²) in [6.45, 7) is 1.60. The largest absolute Gasteiger partial charge is 0.476 e. The number of carboxylic acid groups (broad SMARTS) is 1. The number of carboxylic acids is 1. The maximum atomic E-state index is 10.8. The fourth-order valence-corrected chi connectivity index (χ4v) is 0.648. The second kappa shape index (κ2) is 5.85. The van der Waals surface area contributed by atoms with E-state index >= 15 is 0 Å². The highest BCUT2D eigenvalue weighted by Gasteiger charge is 2.18. The van der Waals surface area contributed by atoms with Crippen LogP contribution < -0.4 is 0 Å². The zero-order valence-electron chi connectivity index (χ0n) is 7.61. The highest BCUT2D eigenvalue weighted by molar-refractivity contribution is 6.36. The summed E-state index contributed by atoms with van der Waals surface area (Å²) < 4.78 is 4.35. The Morgan fingerprint density at radius 2 is 1.57 bits per heavy atom. The van der Waals surface area contributed by atoms with Gasteiger partial charge in [-0.3, -0.25) is 9.59 Å². The second-order valence-corrected chi connectivity index (χ2v) is 2.37. The van der Waals surface area contributed by atoms with Gasteiger partial charge < -0.3 is 9.84 Å². The average Bonchev–Trinajstić information content (AvgIpc) is 2.13. The van der Waals surface area contributed by atoms with Crippen molar-refractivity contribution in [2.45, 2.75) is 19.8 Å². The van der Waals surface area contributed by atoms with Crippen LogP contribution in [0, 0.1) is 0 Å². The van der Waals surface area contributed by atoms with E-state index in [1.165, 1.54) is 6.92 Å². The standard InChI is InChI=1S/C8H10O6/c1-2-14-8(13)6(10)4-3-5(9)7(11)12/h2-4H2,1H3,(H,11,12). The van der Waals surface area contributed by atoms with Crippen LogP contribution in [0.25, 0.3) is 0 Å². The summed E-state index contributed by atoms with van der Waals surface area (Å²) in [5, 5.41) is 8.16. The molecule has 0 amide bonds. The third-order valence-electron chi connectivity index (χ3n) is 1.32. The Kier molecular flexibility index (Phi) is 5.13.